The number of aromatic nitrogens is 1. The van der Waals surface area contributed by atoms with Gasteiger partial charge in [0.1, 0.15) is 5.54 Å². The summed E-state index contributed by atoms with van der Waals surface area (Å²) in [5.41, 5.74) is 14.3. The number of amides is 1. The molecule has 37 heavy (non-hydrogen) atoms. The van der Waals surface area contributed by atoms with Gasteiger partial charge in [-0.05, 0) is 73.4 Å². The molecule has 4 aromatic rings. The predicted octanol–water partition coefficient (Wildman–Crippen LogP) is 5.55. The van der Waals surface area contributed by atoms with Crippen molar-refractivity contribution in [1.82, 2.24) is 9.88 Å². The number of para-hydroxylation sites is 1. The van der Waals surface area contributed by atoms with E-state index in [1.165, 1.54) is 5.56 Å². The number of benzene rings is 3. The quantitative estimate of drug-likeness (QED) is 0.363. The lowest BCUT2D eigenvalue weighted by atomic mass is 9.87. The molecule has 2 heterocycles. The Bertz CT molecular complexity index is 1600. The molecule has 3 atom stereocenters. The molecule has 1 saturated carbocycles. The van der Waals surface area contributed by atoms with Gasteiger partial charge in [0.05, 0.1) is 17.7 Å². The minimum Gasteiger partial charge on any atom is -0.465 e. The number of carbonyl (C=O) groups excluding carboxylic acids is 2. The summed E-state index contributed by atoms with van der Waals surface area (Å²) < 4.78 is 7.76. The largest absolute Gasteiger partial charge is 0.465 e. The lowest BCUT2D eigenvalue weighted by Crippen LogP contribution is -2.51. The normalized spacial score (nSPS) is 23.0. The molecule has 3 aromatic carbocycles. The standard InChI is InChI=1S/C31H33N3O3/c1-5-37-30(36)31(32)15-20(14-18(31)3)34-24-13-9-8-12-22(24)26-27-23(16-33-29(27)35)25(19(4)28(26)34)21-11-7-6-10-17(21)2/h6-13,18,20H,5,14-16,32H2,1-4H3,(H,33,35). The molecular formula is C31H33N3O3. The van der Waals surface area contributed by atoms with Crippen molar-refractivity contribution < 1.29 is 14.3 Å². The summed E-state index contributed by atoms with van der Waals surface area (Å²) in [6.07, 6.45) is 1.24. The summed E-state index contributed by atoms with van der Waals surface area (Å²) in [6, 6.07) is 16.6. The number of ether oxygens (including phenoxy) is 1. The predicted molar refractivity (Wildman–Crippen MR) is 147 cm³/mol. The fraction of sp³-hybridized carbons (Fsp3) is 0.355. The van der Waals surface area contributed by atoms with Crippen molar-refractivity contribution in [3.63, 3.8) is 0 Å². The summed E-state index contributed by atoms with van der Waals surface area (Å²) in [5.74, 6) is -0.401. The van der Waals surface area contributed by atoms with E-state index < -0.39 is 5.54 Å². The Morgan fingerprint density at radius 2 is 1.86 bits per heavy atom. The molecule has 0 radical (unpaired) electrons. The molecule has 0 spiro atoms. The first-order chi connectivity index (χ1) is 17.8. The number of nitrogens with two attached hydrogens (primary N) is 1. The van der Waals surface area contributed by atoms with Crippen molar-refractivity contribution in [1.29, 1.82) is 0 Å². The highest BCUT2D eigenvalue weighted by molar-refractivity contribution is 6.22. The fourth-order valence-corrected chi connectivity index (χ4v) is 6.83. The summed E-state index contributed by atoms with van der Waals surface area (Å²) in [4.78, 5) is 26.3. The van der Waals surface area contributed by atoms with E-state index in [1.54, 1.807) is 0 Å². The van der Waals surface area contributed by atoms with Crippen molar-refractivity contribution >= 4 is 33.7 Å². The van der Waals surface area contributed by atoms with E-state index in [0.29, 0.717) is 19.6 Å². The van der Waals surface area contributed by atoms with Crippen molar-refractivity contribution in [3.05, 3.63) is 70.8 Å². The van der Waals surface area contributed by atoms with Crippen LogP contribution in [-0.2, 0) is 16.1 Å². The van der Waals surface area contributed by atoms with Gasteiger partial charge >= 0.3 is 5.97 Å². The number of nitrogens with zero attached hydrogens (tertiary/aromatic N) is 1. The van der Waals surface area contributed by atoms with Gasteiger partial charge in [0.2, 0.25) is 0 Å². The smallest absolute Gasteiger partial charge is 0.326 e. The zero-order valence-corrected chi connectivity index (χ0v) is 21.9. The maximum Gasteiger partial charge on any atom is 0.326 e. The molecule has 6 rings (SSSR count). The van der Waals surface area contributed by atoms with Gasteiger partial charge in [-0.2, -0.15) is 0 Å². The molecule has 6 nitrogen and oxygen atoms in total. The third-order valence-electron chi connectivity index (χ3n) is 8.66. The number of hydrogen-bond donors (Lipinski definition) is 2. The number of carbonyl (C=O) groups is 2. The van der Waals surface area contributed by atoms with Gasteiger partial charge < -0.3 is 20.4 Å². The Kier molecular flexibility index (Phi) is 5.42. The maximum absolute atomic E-state index is 13.3. The van der Waals surface area contributed by atoms with E-state index in [2.05, 4.69) is 54.1 Å². The highest BCUT2D eigenvalue weighted by atomic mass is 16.5. The van der Waals surface area contributed by atoms with Crippen molar-refractivity contribution in [2.75, 3.05) is 6.61 Å². The van der Waals surface area contributed by atoms with Crippen LogP contribution in [0.2, 0.25) is 0 Å². The molecule has 1 aromatic heterocycles. The van der Waals surface area contributed by atoms with E-state index >= 15 is 0 Å². The van der Waals surface area contributed by atoms with Gasteiger partial charge in [0.25, 0.3) is 5.91 Å². The lowest BCUT2D eigenvalue weighted by molar-refractivity contribution is -0.151. The van der Waals surface area contributed by atoms with Gasteiger partial charge in [0, 0.05) is 28.9 Å². The number of esters is 1. The fourth-order valence-electron chi connectivity index (χ4n) is 6.83. The van der Waals surface area contributed by atoms with E-state index in [1.807, 2.05) is 32.0 Å². The number of nitrogens with one attached hydrogen (secondary N) is 1. The second-order valence-corrected chi connectivity index (χ2v) is 10.7. The molecule has 0 saturated heterocycles. The van der Waals surface area contributed by atoms with Crippen LogP contribution in [0.25, 0.3) is 32.9 Å². The Balaban J connectivity index is 1.69. The first kappa shape index (κ1) is 23.7. The number of aryl methyl sites for hydroxylation is 2. The topological polar surface area (TPSA) is 86.3 Å². The van der Waals surface area contributed by atoms with Crippen LogP contribution in [-0.4, -0.2) is 28.6 Å². The van der Waals surface area contributed by atoms with Crippen LogP contribution >= 0.6 is 0 Å². The first-order valence-corrected chi connectivity index (χ1v) is 13.2. The van der Waals surface area contributed by atoms with Gasteiger partial charge in [-0.3, -0.25) is 9.59 Å². The van der Waals surface area contributed by atoms with Crippen LogP contribution in [0.1, 0.15) is 59.8 Å². The SMILES string of the molecule is CCOC(=O)C1(N)CC(n2c3ccccc3c3c4c(c(-c5ccccc5C)c(C)c32)CNC4=O)CC1C. The second kappa shape index (κ2) is 8.45. The zero-order chi connectivity index (χ0) is 26.1. The molecule has 1 aliphatic carbocycles. The van der Waals surface area contributed by atoms with Crippen LogP contribution in [0.3, 0.4) is 0 Å². The molecular weight excluding hydrogens is 462 g/mol. The van der Waals surface area contributed by atoms with E-state index in [-0.39, 0.29) is 23.8 Å². The molecule has 3 unspecified atom stereocenters. The average molecular weight is 496 g/mol. The van der Waals surface area contributed by atoms with E-state index in [9.17, 15) is 9.59 Å². The third kappa shape index (κ3) is 3.28. The lowest BCUT2D eigenvalue weighted by Gasteiger charge is -2.26. The average Bonchev–Trinajstić information content (AvgIpc) is 3.52. The highest BCUT2D eigenvalue weighted by Crippen LogP contribution is 2.49. The zero-order valence-electron chi connectivity index (χ0n) is 21.9. The first-order valence-electron chi connectivity index (χ1n) is 13.2. The highest BCUT2D eigenvalue weighted by Gasteiger charge is 2.50. The molecule has 6 heteroatoms. The minimum atomic E-state index is -1.04. The Hall–Kier alpha value is -3.64. The molecule has 1 fully saturated rings. The van der Waals surface area contributed by atoms with Crippen molar-refractivity contribution in [2.24, 2.45) is 11.7 Å². The number of fused-ring (bicyclic) bond motifs is 5. The van der Waals surface area contributed by atoms with Crippen LogP contribution in [0, 0.1) is 19.8 Å². The van der Waals surface area contributed by atoms with Crippen LogP contribution < -0.4 is 11.1 Å². The molecule has 1 amide bonds. The summed E-state index contributed by atoms with van der Waals surface area (Å²) >= 11 is 0. The van der Waals surface area contributed by atoms with Gasteiger partial charge in [-0.25, -0.2) is 0 Å². The molecule has 1 aliphatic heterocycles. The summed E-state index contributed by atoms with van der Waals surface area (Å²) in [7, 11) is 0. The molecule has 3 N–H and O–H groups in total. The maximum atomic E-state index is 13.3. The van der Waals surface area contributed by atoms with Crippen molar-refractivity contribution in [2.45, 2.75) is 58.7 Å². The molecule has 190 valence electrons. The summed E-state index contributed by atoms with van der Waals surface area (Å²) in [6.45, 7) is 8.97. The van der Waals surface area contributed by atoms with Crippen LogP contribution in [0.5, 0.6) is 0 Å². The van der Waals surface area contributed by atoms with Crippen LogP contribution in [0.4, 0.5) is 0 Å². The summed E-state index contributed by atoms with van der Waals surface area (Å²) in [5, 5.41) is 5.15. The van der Waals surface area contributed by atoms with Gasteiger partial charge in [0.15, 0.2) is 0 Å². The number of hydrogen-bond acceptors (Lipinski definition) is 4. The minimum absolute atomic E-state index is 0.00209. The molecule has 2 aliphatic rings. The Labute approximate surface area is 216 Å². The monoisotopic (exact) mass is 495 g/mol. The molecule has 0 bridgehead atoms. The number of rotatable bonds is 4. The second-order valence-electron chi connectivity index (χ2n) is 10.7. The third-order valence-corrected chi connectivity index (χ3v) is 8.66. The van der Waals surface area contributed by atoms with Crippen molar-refractivity contribution in [3.8, 4) is 11.1 Å². The van der Waals surface area contributed by atoms with Crippen LogP contribution in [0.15, 0.2) is 48.5 Å². The Morgan fingerprint density at radius 1 is 1.14 bits per heavy atom. The van der Waals surface area contributed by atoms with E-state index in [0.717, 1.165) is 56.0 Å². The van der Waals surface area contributed by atoms with E-state index in [4.69, 9.17) is 10.5 Å². The van der Waals surface area contributed by atoms with Gasteiger partial charge in [-0.1, -0.05) is 49.4 Å². The Morgan fingerprint density at radius 3 is 2.62 bits per heavy atom. The van der Waals surface area contributed by atoms with Gasteiger partial charge in [-0.15, -0.1) is 0 Å².